The molecule has 3 aromatic rings. The number of carbonyl (C=O) groups excluding carboxylic acids is 1. The minimum Gasteiger partial charge on any atom is -0.318 e. The summed E-state index contributed by atoms with van der Waals surface area (Å²) >= 11 is 0. The van der Waals surface area contributed by atoms with Crippen molar-refractivity contribution in [3.63, 3.8) is 0 Å². The smallest absolute Gasteiger partial charge is 0.276 e. The molecule has 0 spiro atoms. The van der Waals surface area contributed by atoms with Gasteiger partial charge in [-0.2, -0.15) is 5.10 Å². The fourth-order valence-electron chi connectivity index (χ4n) is 3.33. The number of anilines is 1. The third-order valence-corrected chi connectivity index (χ3v) is 6.46. The maximum absolute atomic E-state index is 13.8. The van der Waals surface area contributed by atoms with Crippen LogP contribution in [-0.2, 0) is 9.84 Å². The van der Waals surface area contributed by atoms with Crippen LogP contribution in [0.3, 0.4) is 0 Å². The molecule has 1 amide bonds. The number of para-hydroxylation sites is 1. The molecule has 2 heterocycles. The number of nitrogens with zero attached hydrogens (tertiary/aromatic N) is 2. The number of benzene rings is 2. The number of halogens is 1. The summed E-state index contributed by atoms with van der Waals surface area (Å²) in [4.78, 5) is 12.6. The highest BCUT2D eigenvalue weighted by Crippen LogP contribution is 2.30. The summed E-state index contributed by atoms with van der Waals surface area (Å²) < 4.78 is 39.3. The quantitative estimate of drug-likeness (QED) is 0.730. The van der Waals surface area contributed by atoms with Crippen LogP contribution in [0.2, 0.25) is 0 Å². The number of nitrogens with one attached hydrogen (secondary N) is 1. The minimum atomic E-state index is -3.12. The summed E-state index contributed by atoms with van der Waals surface area (Å²) in [6.45, 7) is 0. The summed E-state index contributed by atoms with van der Waals surface area (Å²) in [6.07, 6.45) is 0.443. The third-order valence-electron chi connectivity index (χ3n) is 4.71. The normalized spacial score (nSPS) is 18.1. The molecular formula is C20H18FN3O3S. The van der Waals surface area contributed by atoms with Gasteiger partial charge in [0.1, 0.15) is 5.82 Å². The highest BCUT2D eigenvalue weighted by molar-refractivity contribution is 7.91. The second-order valence-corrected chi connectivity index (χ2v) is 8.94. The van der Waals surface area contributed by atoms with E-state index < -0.39 is 21.6 Å². The van der Waals surface area contributed by atoms with Crippen molar-refractivity contribution >= 4 is 21.4 Å². The van der Waals surface area contributed by atoms with Gasteiger partial charge in [0, 0.05) is 0 Å². The summed E-state index contributed by atoms with van der Waals surface area (Å²) in [5.41, 5.74) is 1.64. The molecule has 1 fully saturated rings. The van der Waals surface area contributed by atoms with Crippen LogP contribution in [0.15, 0.2) is 60.7 Å². The number of sulfone groups is 1. The highest BCUT2D eigenvalue weighted by Gasteiger charge is 2.32. The fraction of sp³-hybridized carbons (Fsp3) is 0.200. The molecule has 144 valence electrons. The lowest BCUT2D eigenvalue weighted by molar-refractivity contribution is 0.102. The van der Waals surface area contributed by atoms with Crippen LogP contribution in [-0.4, -0.2) is 35.6 Å². The van der Waals surface area contributed by atoms with Gasteiger partial charge in [-0.05, 0) is 30.2 Å². The average molecular weight is 399 g/mol. The molecular weight excluding hydrogens is 381 g/mol. The lowest BCUT2D eigenvalue weighted by atomic mass is 10.1. The summed E-state index contributed by atoms with van der Waals surface area (Å²) in [6, 6.07) is 16.5. The van der Waals surface area contributed by atoms with Crippen molar-refractivity contribution in [1.82, 2.24) is 9.78 Å². The first-order valence-electron chi connectivity index (χ1n) is 8.84. The summed E-state index contributed by atoms with van der Waals surface area (Å²) in [7, 11) is -3.12. The van der Waals surface area contributed by atoms with Gasteiger partial charge in [-0.25, -0.2) is 12.8 Å². The van der Waals surface area contributed by atoms with Crippen molar-refractivity contribution in [3.05, 3.63) is 72.2 Å². The van der Waals surface area contributed by atoms with Gasteiger partial charge in [0.05, 0.1) is 28.9 Å². The standard InChI is InChI=1S/C20H18FN3O3S/c21-16-8-4-5-9-17(16)22-20(25)18-12-19(14-6-2-1-3-7-14)24(23-18)15-10-11-28(26,27)13-15/h1-9,12,15H,10-11,13H2,(H,22,25)/t15-/m0/s1. The lowest BCUT2D eigenvalue weighted by Crippen LogP contribution is -2.17. The molecule has 28 heavy (non-hydrogen) atoms. The fourth-order valence-corrected chi connectivity index (χ4v) is 5.02. The highest BCUT2D eigenvalue weighted by atomic mass is 32.2. The summed E-state index contributed by atoms with van der Waals surface area (Å²) in [5.74, 6) is -1.01. The maximum Gasteiger partial charge on any atom is 0.276 e. The lowest BCUT2D eigenvalue weighted by Gasteiger charge is -2.13. The Labute approximate surface area is 161 Å². The van der Waals surface area contributed by atoms with Gasteiger partial charge in [-0.1, -0.05) is 42.5 Å². The molecule has 4 rings (SSSR count). The Morgan fingerprint density at radius 3 is 2.50 bits per heavy atom. The van der Waals surface area contributed by atoms with Crippen molar-refractivity contribution < 1.29 is 17.6 Å². The van der Waals surface area contributed by atoms with E-state index in [4.69, 9.17) is 0 Å². The van der Waals surface area contributed by atoms with E-state index in [-0.39, 0.29) is 28.9 Å². The first-order chi connectivity index (χ1) is 13.4. The monoisotopic (exact) mass is 399 g/mol. The van der Waals surface area contributed by atoms with Gasteiger partial charge in [0.2, 0.25) is 0 Å². The zero-order valence-electron chi connectivity index (χ0n) is 14.9. The first kappa shape index (κ1) is 18.4. The Hall–Kier alpha value is -3.00. The molecule has 1 atom stereocenters. The van der Waals surface area contributed by atoms with Gasteiger partial charge in [-0.3, -0.25) is 9.48 Å². The van der Waals surface area contributed by atoms with E-state index in [9.17, 15) is 17.6 Å². The number of aromatic nitrogens is 2. The van der Waals surface area contributed by atoms with Crippen molar-refractivity contribution in [2.24, 2.45) is 0 Å². The first-order valence-corrected chi connectivity index (χ1v) is 10.7. The Bertz CT molecular complexity index is 1130. The number of hydrogen-bond acceptors (Lipinski definition) is 4. The molecule has 1 saturated heterocycles. The van der Waals surface area contributed by atoms with Crippen molar-refractivity contribution in [3.8, 4) is 11.3 Å². The molecule has 0 bridgehead atoms. The van der Waals surface area contributed by atoms with Gasteiger partial charge < -0.3 is 5.32 Å². The minimum absolute atomic E-state index is 0.0110. The molecule has 8 heteroatoms. The third kappa shape index (κ3) is 3.68. The zero-order valence-corrected chi connectivity index (χ0v) is 15.7. The number of amides is 1. The molecule has 1 aliphatic rings. The predicted molar refractivity (Wildman–Crippen MR) is 104 cm³/mol. The van der Waals surface area contributed by atoms with E-state index in [1.807, 2.05) is 30.3 Å². The van der Waals surface area contributed by atoms with Gasteiger partial charge >= 0.3 is 0 Å². The van der Waals surface area contributed by atoms with Gasteiger partial charge in [-0.15, -0.1) is 0 Å². The number of rotatable bonds is 4. The van der Waals surface area contributed by atoms with Crippen molar-refractivity contribution in [2.45, 2.75) is 12.5 Å². The molecule has 1 aliphatic heterocycles. The predicted octanol–water partition coefficient (Wildman–Crippen LogP) is 3.30. The second kappa shape index (κ2) is 7.20. The molecule has 2 aromatic carbocycles. The molecule has 0 aliphatic carbocycles. The number of hydrogen-bond donors (Lipinski definition) is 1. The van der Waals surface area contributed by atoms with E-state index in [0.717, 1.165) is 5.56 Å². The maximum atomic E-state index is 13.8. The average Bonchev–Trinajstić information content (AvgIpc) is 3.28. The van der Waals surface area contributed by atoms with Crippen LogP contribution >= 0.6 is 0 Å². The van der Waals surface area contributed by atoms with E-state index in [2.05, 4.69) is 10.4 Å². The molecule has 1 aromatic heterocycles. The SMILES string of the molecule is O=C(Nc1ccccc1F)c1cc(-c2ccccc2)n([C@H]2CCS(=O)(=O)C2)n1. The van der Waals surface area contributed by atoms with Crippen LogP contribution in [0.1, 0.15) is 23.0 Å². The Balaban J connectivity index is 1.71. The second-order valence-electron chi connectivity index (χ2n) is 6.72. The zero-order chi connectivity index (χ0) is 19.7. The largest absolute Gasteiger partial charge is 0.318 e. The molecule has 0 saturated carbocycles. The Morgan fingerprint density at radius 1 is 1.11 bits per heavy atom. The molecule has 6 nitrogen and oxygen atoms in total. The summed E-state index contributed by atoms with van der Waals surface area (Å²) in [5, 5.41) is 6.89. The van der Waals surface area contributed by atoms with Crippen LogP contribution in [0.25, 0.3) is 11.3 Å². The molecule has 0 unspecified atom stereocenters. The van der Waals surface area contributed by atoms with Crippen LogP contribution in [0.4, 0.5) is 10.1 Å². The molecule has 0 radical (unpaired) electrons. The number of carbonyl (C=O) groups is 1. The van der Waals surface area contributed by atoms with Crippen molar-refractivity contribution in [2.75, 3.05) is 16.8 Å². The van der Waals surface area contributed by atoms with E-state index in [1.165, 1.54) is 18.2 Å². The Kier molecular flexibility index (Phi) is 4.72. The van der Waals surface area contributed by atoms with E-state index in [0.29, 0.717) is 12.1 Å². The van der Waals surface area contributed by atoms with E-state index in [1.54, 1.807) is 16.8 Å². The van der Waals surface area contributed by atoms with Crippen molar-refractivity contribution in [1.29, 1.82) is 0 Å². The Morgan fingerprint density at radius 2 is 1.82 bits per heavy atom. The van der Waals surface area contributed by atoms with Crippen LogP contribution in [0, 0.1) is 5.82 Å². The molecule has 1 N–H and O–H groups in total. The van der Waals surface area contributed by atoms with Gasteiger partial charge in [0.25, 0.3) is 5.91 Å². The topological polar surface area (TPSA) is 81.1 Å². The van der Waals surface area contributed by atoms with E-state index >= 15 is 0 Å². The van der Waals surface area contributed by atoms with Crippen LogP contribution in [0.5, 0.6) is 0 Å². The van der Waals surface area contributed by atoms with Gasteiger partial charge in [0.15, 0.2) is 15.5 Å². The van der Waals surface area contributed by atoms with Crippen LogP contribution < -0.4 is 5.32 Å².